The molecule has 13 N–H and O–H groups in total. The molecule has 0 aliphatic carbocycles. The first kappa shape index (κ1) is 78.7. The summed E-state index contributed by atoms with van der Waals surface area (Å²) in [4.78, 5) is 51.0. The predicted molar refractivity (Wildman–Crippen MR) is 308 cm³/mol. The molecule has 31 heteroatoms. The number of ether oxygens (including phenoxy) is 14. The van der Waals surface area contributed by atoms with Gasteiger partial charge < -0.3 is 133 Å². The summed E-state index contributed by atoms with van der Waals surface area (Å²) in [6.07, 6.45) is -40.7. The summed E-state index contributed by atoms with van der Waals surface area (Å²) in [5.41, 5.74) is 0. The van der Waals surface area contributed by atoms with E-state index in [1.54, 1.807) is 13.8 Å². The predicted octanol–water partition coefficient (Wildman–Crippen LogP) is -2.26. The van der Waals surface area contributed by atoms with Crippen LogP contribution in [-0.4, -0.2) is 289 Å². The van der Waals surface area contributed by atoms with Gasteiger partial charge in [0.2, 0.25) is 0 Å². The van der Waals surface area contributed by atoms with E-state index in [2.05, 4.69) is 4.74 Å². The number of hydrogen-bond acceptors (Lipinski definition) is 31. The lowest BCUT2D eigenvalue weighted by molar-refractivity contribution is -0.401. The van der Waals surface area contributed by atoms with Gasteiger partial charge in [-0.05, 0) is 74.1 Å². The topological polar surface area (TPSA) is 460 Å². The van der Waals surface area contributed by atoms with Gasteiger partial charge in [-0.25, -0.2) is 0 Å². The van der Waals surface area contributed by atoms with Crippen molar-refractivity contribution in [1.29, 1.82) is 0 Å². The number of rotatable bonds is 33. The lowest BCUT2D eigenvalue weighted by Gasteiger charge is -2.50. The number of unbranched alkanes of at least 4 members (excludes halogenated alkanes) is 4. The number of carbonyl (C=O) groups is 4. The van der Waals surface area contributed by atoms with Crippen molar-refractivity contribution in [3.05, 3.63) is 0 Å². The highest BCUT2D eigenvalue weighted by Gasteiger charge is 2.57. The highest BCUT2D eigenvalue weighted by Crippen LogP contribution is 2.38. The molecule has 0 saturated carbocycles. The van der Waals surface area contributed by atoms with Gasteiger partial charge in [0.05, 0.1) is 81.1 Å². The van der Waals surface area contributed by atoms with Gasteiger partial charge in [-0.2, -0.15) is 0 Å². The Morgan fingerprint density at radius 3 is 1.60 bits per heavy atom. The largest absolute Gasteiger partial charge is 0.469 e. The van der Waals surface area contributed by atoms with E-state index < -0.39 is 233 Å². The second-order valence-corrected chi connectivity index (χ2v) is 24.8. The third-order valence-corrected chi connectivity index (χ3v) is 17.7. The summed E-state index contributed by atoms with van der Waals surface area (Å²) in [6.45, 7) is 13.6. The first-order valence-electron chi connectivity index (χ1n) is 31.9. The van der Waals surface area contributed by atoms with Gasteiger partial charge >= 0.3 is 23.9 Å². The third kappa shape index (κ3) is 21.0. The maximum absolute atomic E-state index is 13.6. The van der Waals surface area contributed by atoms with Crippen LogP contribution < -0.4 is 0 Å². The van der Waals surface area contributed by atoms with Crippen LogP contribution in [-0.2, 0) is 85.5 Å². The van der Waals surface area contributed by atoms with Crippen molar-refractivity contribution >= 4 is 23.9 Å². The van der Waals surface area contributed by atoms with Gasteiger partial charge in [0.25, 0.3) is 0 Å². The maximum Gasteiger partial charge on any atom is 0.312 e. The summed E-state index contributed by atoms with van der Waals surface area (Å²) in [5, 5.41) is 144. The van der Waals surface area contributed by atoms with Crippen molar-refractivity contribution in [3.8, 4) is 0 Å². The van der Waals surface area contributed by atoms with Crippen molar-refractivity contribution in [1.82, 2.24) is 0 Å². The van der Waals surface area contributed by atoms with Crippen molar-refractivity contribution in [2.45, 2.75) is 318 Å². The Hall–Kier alpha value is -3.04. The molecular weight excluding hydrogens is 1220 g/mol. The highest BCUT2D eigenvalue weighted by molar-refractivity contribution is 5.76. The minimum atomic E-state index is -2.08. The Labute approximate surface area is 530 Å². The van der Waals surface area contributed by atoms with Gasteiger partial charge in [-0.15, -0.1) is 0 Å². The average molecular weight is 1320 g/mol. The summed E-state index contributed by atoms with van der Waals surface area (Å²) < 4.78 is 82.6. The normalized spacial score (nSPS) is 39.5. The van der Waals surface area contributed by atoms with Gasteiger partial charge in [-0.1, -0.05) is 59.3 Å². The Bertz CT molecular complexity index is 2180. The molecule has 91 heavy (non-hydrogen) atoms. The molecule has 0 aromatic heterocycles. The van der Waals surface area contributed by atoms with E-state index >= 15 is 0 Å². The van der Waals surface area contributed by atoms with E-state index in [4.69, 9.17) is 61.6 Å². The Morgan fingerprint density at radius 1 is 0.484 bits per heavy atom. The van der Waals surface area contributed by atoms with Gasteiger partial charge in [0.1, 0.15) is 97.7 Å². The Morgan fingerprint density at radius 2 is 1.00 bits per heavy atom. The van der Waals surface area contributed by atoms with Crippen molar-refractivity contribution in [2.24, 2.45) is 17.8 Å². The molecular formula is C60H104O31. The zero-order chi connectivity index (χ0) is 67.9. The van der Waals surface area contributed by atoms with E-state index in [0.29, 0.717) is 38.5 Å². The molecule has 5 fully saturated rings. The minimum absolute atomic E-state index is 0.110. The first-order chi connectivity index (χ1) is 42.9. The smallest absolute Gasteiger partial charge is 0.312 e. The zero-order valence-electron chi connectivity index (χ0n) is 53.8. The fourth-order valence-corrected chi connectivity index (χ4v) is 11.0. The summed E-state index contributed by atoms with van der Waals surface area (Å²) in [6, 6.07) is 0. The lowest BCUT2D eigenvalue weighted by atomic mass is 9.95. The fraction of sp³-hybridized carbons (Fsp3) is 0.933. The average Bonchev–Trinajstić information content (AvgIpc) is 0.818. The number of carbonyl (C=O) groups excluding carboxylic acids is 4. The fourth-order valence-electron chi connectivity index (χ4n) is 11.0. The van der Waals surface area contributed by atoms with Crippen LogP contribution in [0.4, 0.5) is 0 Å². The molecule has 31 nitrogen and oxygen atoms in total. The van der Waals surface area contributed by atoms with E-state index in [1.807, 2.05) is 6.92 Å². The molecule has 5 aliphatic rings. The number of aliphatic hydroxyl groups excluding tert-OH is 13. The first-order valence-corrected chi connectivity index (χ1v) is 31.9. The monoisotopic (exact) mass is 1320 g/mol. The van der Waals surface area contributed by atoms with Crippen LogP contribution in [0.15, 0.2) is 0 Å². The minimum Gasteiger partial charge on any atom is -0.469 e. The maximum atomic E-state index is 13.6. The number of aliphatic hydroxyl groups is 13. The molecule has 32 atom stereocenters. The molecule has 0 aromatic rings. The van der Waals surface area contributed by atoms with Crippen molar-refractivity contribution in [2.75, 3.05) is 20.3 Å². The number of esters is 4. The summed E-state index contributed by atoms with van der Waals surface area (Å²) >= 11 is 0. The molecule has 0 radical (unpaired) electrons. The molecule has 0 bridgehead atoms. The Kier molecular flexibility index (Phi) is 31.9. The van der Waals surface area contributed by atoms with Crippen LogP contribution in [0, 0.1) is 17.8 Å². The van der Waals surface area contributed by atoms with Crippen LogP contribution in [0.3, 0.4) is 0 Å². The third-order valence-electron chi connectivity index (χ3n) is 17.7. The van der Waals surface area contributed by atoms with Crippen molar-refractivity contribution < 1.29 is 152 Å². The van der Waals surface area contributed by atoms with Gasteiger partial charge in [-0.3, -0.25) is 19.2 Å². The Balaban J connectivity index is 1.38. The van der Waals surface area contributed by atoms with Crippen LogP contribution in [0.25, 0.3) is 0 Å². The standard InChI is InChI=1S/C60H104O31/c1-12-19-34(21-18-16-14-15-17-20-33(63)22-37(64)78-11)84-59-51(43(70)40(67)36(86-59)24-79-56-45(72)41(68)38(65)30(8)81-56)91-60-52(42(69)39(66)35(23-61)85-60)90-58-47(74)50(88-53(75)25(3)13-2)49(32(10)83-58)89-57-46(73)44(71)48(31(9)82-57)87-55(77)27(5)29(7)80-54(76)26(4)28(6)62/h25-36,38-52,56-63,65-74H,12-24H2,1-11H3/t25-,26+,27+,28+,29+,30-,31+,32-,33-,34-,35+,36+,38-,39+,40+,41+,42-,43-,44+,45+,46+,47+,48+,49-,50-,51+,52+,56+,57-,58-,59+,60-/m0/s1. The van der Waals surface area contributed by atoms with Crippen LogP contribution in [0.5, 0.6) is 0 Å². The quantitative estimate of drug-likeness (QED) is 0.0187. The highest BCUT2D eigenvalue weighted by atomic mass is 16.8. The molecule has 5 heterocycles. The van der Waals surface area contributed by atoms with E-state index in [1.165, 1.54) is 55.6 Å². The summed E-state index contributed by atoms with van der Waals surface area (Å²) in [5.74, 6) is -5.81. The molecule has 5 aliphatic heterocycles. The van der Waals surface area contributed by atoms with E-state index in [-0.39, 0.29) is 12.8 Å². The molecule has 0 unspecified atom stereocenters. The van der Waals surface area contributed by atoms with E-state index in [0.717, 1.165) is 19.3 Å². The lowest BCUT2D eigenvalue weighted by Crippen LogP contribution is -2.67. The summed E-state index contributed by atoms with van der Waals surface area (Å²) in [7, 11) is 1.25. The van der Waals surface area contributed by atoms with Crippen LogP contribution in [0.2, 0.25) is 0 Å². The number of hydrogen-bond donors (Lipinski definition) is 13. The molecule has 0 spiro atoms. The molecule has 5 saturated heterocycles. The second-order valence-electron chi connectivity index (χ2n) is 24.8. The molecule has 0 amide bonds. The van der Waals surface area contributed by atoms with Crippen molar-refractivity contribution in [3.63, 3.8) is 0 Å². The van der Waals surface area contributed by atoms with E-state index in [9.17, 15) is 85.6 Å². The van der Waals surface area contributed by atoms with Crippen LogP contribution >= 0.6 is 0 Å². The van der Waals surface area contributed by atoms with Crippen LogP contribution in [0.1, 0.15) is 140 Å². The molecule has 530 valence electrons. The van der Waals surface area contributed by atoms with Gasteiger partial charge in [0.15, 0.2) is 43.7 Å². The zero-order valence-corrected chi connectivity index (χ0v) is 53.8. The molecule has 5 rings (SSSR count). The van der Waals surface area contributed by atoms with Gasteiger partial charge in [0, 0.05) is 0 Å². The second kappa shape index (κ2) is 36.9. The molecule has 0 aromatic carbocycles. The SMILES string of the molecule is CCC[C@@H](CCCCCCC[C@H](O)CC(=O)OC)O[C@@H]1O[C@H](CO[C@@H]2O[C@@H](C)[C@H](O)[C@@H](O)[C@H]2O)[C@@H](O)[C@H](O)[C@H]1O[C@@H]1O[C@H](CO)[C@@H](O)[C@H](O)[C@H]1O[C@@H]1O[C@@H](C)[C@H](O[C@@H]2O[C@H](C)[C@@H](OC(=O)[C@H](C)[C@@H](C)OC(=O)[C@H](C)[C@@H](C)O)[C@H](O)[C@H]2O)[C@@H](OC(=O)[C@@H](C)CC)[C@H]1O. The number of methoxy groups -OCH3 is 1.